The molecule has 0 saturated carbocycles. The molecule has 2 aromatic rings. The van der Waals surface area contributed by atoms with Crippen LogP contribution in [0.1, 0.15) is 17.2 Å². The summed E-state index contributed by atoms with van der Waals surface area (Å²) in [7, 11) is -2.72. The van der Waals surface area contributed by atoms with Gasteiger partial charge in [-0.2, -0.15) is 14.5 Å². The first kappa shape index (κ1) is 27.6. The Balaban J connectivity index is 0. The predicted molar refractivity (Wildman–Crippen MR) is 114 cm³/mol. The topological polar surface area (TPSA) is 43.7 Å². The summed E-state index contributed by atoms with van der Waals surface area (Å²) < 4.78 is 1.65. The van der Waals surface area contributed by atoms with Gasteiger partial charge in [0.25, 0.3) is 0 Å². The van der Waals surface area contributed by atoms with Gasteiger partial charge in [-0.25, -0.2) is 0 Å². The molecule has 0 heterocycles. The summed E-state index contributed by atoms with van der Waals surface area (Å²) in [5.74, 6) is 0. The number of hydrogen-bond donors (Lipinski definition) is 2. The Bertz CT molecular complexity index is 691. The molecule has 2 aromatic carbocycles. The van der Waals surface area contributed by atoms with Crippen molar-refractivity contribution in [3.05, 3.63) is 130 Å². The van der Waals surface area contributed by atoms with Crippen LogP contribution in [0.3, 0.4) is 0 Å². The molecule has 0 unspecified atom stereocenters. The SMILES string of the molecule is O[PH+](O)N(C1=CC=CC=[C+]1)C(c1ccccc1)c1ccccc1.[CH3-].[CH3-].[CH3-].[Ir]. The van der Waals surface area contributed by atoms with Gasteiger partial charge in [0.1, 0.15) is 12.1 Å². The van der Waals surface area contributed by atoms with E-state index in [1.165, 1.54) is 0 Å². The van der Waals surface area contributed by atoms with Crippen LogP contribution in [-0.2, 0) is 20.1 Å². The average Bonchev–Trinajstić information content (AvgIpc) is 2.61. The maximum Gasteiger partial charge on any atom is 0.356 e. The number of hydrogen-bond acceptors (Lipinski definition) is 3. The van der Waals surface area contributed by atoms with Crippen LogP contribution in [0.2, 0.25) is 0 Å². The van der Waals surface area contributed by atoms with E-state index >= 15 is 0 Å². The molecule has 1 radical (unpaired) electrons. The van der Waals surface area contributed by atoms with E-state index in [1.807, 2.05) is 78.9 Å². The van der Waals surface area contributed by atoms with Crippen LogP contribution < -0.4 is 0 Å². The third kappa shape index (κ3) is 6.79. The Hall–Kier alpha value is -1.63. The van der Waals surface area contributed by atoms with E-state index in [-0.39, 0.29) is 48.4 Å². The molecule has 0 aromatic heterocycles. The van der Waals surface area contributed by atoms with Crippen molar-refractivity contribution in [2.45, 2.75) is 6.04 Å². The van der Waals surface area contributed by atoms with Gasteiger partial charge in [-0.1, -0.05) is 60.7 Å². The molecule has 5 heteroatoms. The van der Waals surface area contributed by atoms with E-state index in [4.69, 9.17) is 0 Å². The van der Waals surface area contributed by atoms with Gasteiger partial charge in [0.15, 0.2) is 0 Å². The summed E-state index contributed by atoms with van der Waals surface area (Å²) in [4.78, 5) is 20.2. The van der Waals surface area contributed by atoms with Gasteiger partial charge in [0.2, 0.25) is 5.70 Å². The number of allylic oxidation sites excluding steroid dienone is 5. The summed E-state index contributed by atoms with van der Waals surface area (Å²) in [6, 6.07) is 19.5. The van der Waals surface area contributed by atoms with Crippen LogP contribution in [0.15, 0.2) is 90.7 Å². The molecule has 2 N–H and O–H groups in total. The number of rotatable bonds is 5. The summed E-state index contributed by atoms with van der Waals surface area (Å²) in [6.07, 6.45) is 10.5. The largest absolute Gasteiger partial charge is 0.358 e. The Morgan fingerprint density at radius 1 is 0.778 bits per heavy atom. The fraction of sp³-hybridized carbons (Fsp3) is 0.0455. The fourth-order valence-corrected chi connectivity index (χ4v) is 3.54. The Kier molecular flexibility index (Phi) is 13.8. The van der Waals surface area contributed by atoms with Crippen LogP contribution >= 0.6 is 8.53 Å². The van der Waals surface area contributed by atoms with Crippen molar-refractivity contribution in [2.75, 3.05) is 0 Å². The number of benzene rings is 2. The van der Waals surface area contributed by atoms with E-state index in [0.717, 1.165) is 11.1 Å². The maximum atomic E-state index is 10.1. The van der Waals surface area contributed by atoms with Crippen LogP contribution in [0.4, 0.5) is 0 Å². The molecule has 0 bridgehead atoms. The summed E-state index contributed by atoms with van der Waals surface area (Å²) in [6.45, 7) is 0. The first-order valence-corrected chi connectivity index (χ1v) is 8.72. The van der Waals surface area contributed by atoms with Crippen LogP contribution in [0, 0.1) is 28.4 Å². The first-order chi connectivity index (χ1) is 11.3. The van der Waals surface area contributed by atoms with Crippen LogP contribution in [0.25, 0.3) is 0 Å². The minimum absolute atomic E-state index is 0. The second-order valence-corrected chi connectivity index (χ2v) is 6.22. The normalized spacial score (nSPS) is 11.2. The maximum absolute atomic E-state index is 10.1. The van der Waals surface area contributed by atoms with Crippen LogP contribution in [-0.4, -0.2) is 14.5 Å². The fourth-order valence-electron chi connectivity index (χ4n) is 2.66. The standard InChI is InChI=1S/C19H17NO2P.3CH3.Ir/c21-23(22)20(18-14-8-3-9-15-18)19(16-10-4-1-5-11-16)17-12-6-2-7-13-17;;;;/h1-14,19,21-22H;3*1H3;/q+1;3*-1;/p+1. The van der Waals surface area contributed by atoms with Crippen molar-refractivity contribution >= 4 is 8.53 Å². The molecule has 0 amide bonds. The minimum atomic E-state index is -2.72. The zero-order valence-electron chi connectivity index (χ0n) is 15.8. The molecular weight excluding hydrogens is 533 g/mol. The van der Waals surface area contributed by atoms with E-state index < -0.39 is 8.53 Å². The Morgan fingerprint density at radius 2 is 1.26 bits per heavy atom. The quantitative estimate of drug-likeness (QED) is 0.391. The van der Waals surface area contributed by atoms with Gasteiger partial charge in [0.05, 0.1) is 18.2 Å². The van der Waals surface area contributed by atoms with Crippen molar-refractivity contribution in [1.29, 1.82) is 0 Å². The summed E-state index contributed by atoms with van der Waals surface area (Å²) in [5, 5.41) is 0. The van der Waals surface area contributed by atoms with Crippen molar-refractivity contribution in [2.24, 2.45) is 0 Å². The molecule has 147 valence electrons. The van der Waals surface area contributed by atoms with E-state index in [1.54, 1.807) is 10.7 Å². The third-order valence-corrected chi connectivity index (χ3v) is 4.59. The summed E-state index contributed by atoms with van der Waals surface area (Å²) >= 11 is 0. The molecule has 0 fully saturated rings. The molecule has 1 aliphatic carbocycles. The first-order valence-electron chi connectivity index (χ1n) is 7.38. The minimum Gasteiger partial charge on any atom is -0.358 e. The second-order valence-electron chi connectivity index (χ2n) is 5.14. The predicted octanol–water partition coefficient (Wildman–Crippen LogP) is 5.18. The van der Waals surface area contributed by atoms with Crippen LogP contribution in [0.5, 0.6) is 0 Å². The molecular formula is C22H27IrNO2P-. The van der Waals surface area contributed by atoms with E-state index in [9.17, 15) is 9.79 Å². The van der Waals surface area contributed by atoms with E-state index in [2.05, 4.69) is 6.08 Å². The molecule has 3 nitrogen and oxygen atoms in total. The number of nitrogens with zero attached hydrogens (tertiary/aromatic N) is 1. The molecule has 3 rings (SSSR count). The van der Waals surface area contributed by atoms with E-state index in [0.29, 0.717) is 5.70 Å². The smallest absolute Gasteiger partial charge is 0.356 e. The second kappa shape index (κ2) is 13.5. The Morgan fingerprint density at radius 3 is 1.63 bits per heavy atom. The van der Waals surface area contributed by atoms with Gasteiger partial charge >= 0.3 is 8.53 Å². The van der Waals surface area contributed by atoms with Gasteiger partial charge in [-0.3, -0.25) is 0 Å². The Labute approximate surface area is 179 Å². The van der Waals surface area contributed by atoms with Gasteiger partial charge in [-0.15, -0.1) is 0 Å². The summed E-state index contributed by atoms with van der Waals surface area (Å²) in [5.41, 5.74) is 2.67. The zero-order chi connectivity index (χ0) is 16.1. The van der Waals surface area contributed by atoms with Gasteiger partial charge in [0, 0.05) is 26.2 Å². The van der Waals surface area contributed by atoms with Crippen molar-refractivity contribution in [3.63, 3.8) is 0 Å². The molecule has 0 atom stereocenters. The van der Waals surface area contributed by atoms with Crippen molar-refractivity contribution in [1.82, 2.24) is 4.67 Å². The van der Waals surface area contributed by atoms with Crippen molar-refractivity contribution < 1.29 is 29.9 Å². The molecule has 27 heavy (non-hydrogen) atoms. The van der Waals surface area contributed by atoms with Crippen molar-refractivity contribution in [3.8, 4) is 0 Å². The molecule has 1 aliphatic rings. The van der Waals surface area contributed by atoms with Gasteiger partial charge in [-0.05, 0) is 11.1 Å². The zero-order valence-corrected chi connectivity index (χ0v) is 19.2. The molecule has 0 spiro atoms. The molecule has 0 saturated heterocycles. The third-order valence-electron chi connectivity index (χ3n) is 3.66. The van der Waals surface area contributed by atoms with Gasteiger partial charge < -0.3 is 22.3 Å². The monoisotopic (exact) mass is 561 g/mol. The molecule has 0 aliphatic heterocycles. The average molecular weight is 561 g/mol.